The Morgan fingerprint density at radius 2 is 1.93 bits per heavy atom. The zero-order valence-electron chi connectivity index (χ0n) is 8.36. The number of carbonyl (C=O) groups is 3. The van der Waals surface area contributed by atoms with Crippen LogP contribution in [0.2, 0.25) is 0 Å². The van der Waals surface area contributed by atoms with Gasteiger partial charge in [0, 0.05) is 32.4 Å². The lowest BCUT2D eigenvalue weighted by molar-refractivity contribution is -0.138. The SMILES string of the molecule is O=C(CCN1C(=O)CCC1=O)NCCO. The monoisotopic (exact) mass is 214 g/mol. The van der Waals surface area contributed by atoms with Crippen molar-refractivity contribution >= 4 is 17.7 Å². The van der Waals surface area contributed by atoms with E-state index in [9.17, 15) is 14.4 Å². The standard InChI is InChI=1S/C9H14N2O4/c12-6-4-10-7(13)3-5-11-8(14)1-2-9(11)15/h12H,1-6H2,(H,10,13). The van der Waals surface area contributed by atoms with Crippen LogP contribution < -0.4 is 5.32 Å². The number of hydrogen-bond acceptors (Lipinski definition) is 4. The molecule has 0 spiro atoms. The Balaban J connectivity index is 2.27. The Labute approximate surface area is 87.2 Å². The van der Waals surface area contributed by atoms with Crippen LogP contribution in [0.25, 0.3) is 0 Å². The van der Waals surface area contributed by atoms with Crippen LogP contribution in [0.15, 0.2) is 0 Å². The zero-order valence-corrected chi connectivity index (χ0v) is 8.36. The minimum Gasteiger partial charge on any atom is -0.395 e. The number of aliphatic hydroxyl groups is 1. The molecule has 1 fully saturated rings. The van der Waals surface area contributed by atoms with Gasteiger partial charge in [0.05, 0.1) is 6.61 Å². The van der Waals surface area contributed by atoms with Crippen LogP contribution in [-0.2, 0) is 14.4 Å². The van der Waals surface area contributed by atoms with Gasteiger partial charge in [-0.2, -0.15) is 0 Å². The molecule has 2 N–H and O–H groups in total. The highest BCUT2D eigenvalue weighted by Gasteiger charge is 2.28. The number of nitrogens with zero attached hydrogens (tertiary/aromatic N) is 1. The van der Waals surface area contributed by atoms with E-state index < -0.39 is 0 Å². The summed E-state index contributed by atoms with van der Waals surface area (Å²) in [7, 11) is 0. The second kappa shape index (κ2) is 5.45. The first-order chi connectivity index (χ1) is 7.15. The number of rotatable bonds is 5. The quantitative estimate of drug-likeness (QED) is 0.553. The second-order valence-electron chi connectivity index (χ2n) is 3.26. The fourth-order valence-electron chi connectivity index (χ4n) is 1.37. The van der Waals surface area contributed by atoms with E-state index in [1.807, 2.05) is 0 Å². The van der Waals surface area contributed by atoms with Gasteiger partial charge in [-0.1, -0.05) is 0 Å². The fourth-order valence-corrected chi connectivity index (χ4v) is 1.37. The Morgan fingerprint density at radius 1 is 1.33 bits per heavy atom. The molecule has 0 aromatic rings. The lowest BCUT2D eigenvalue weighted by atomic mass is 10.3. The van der Waals surface area contributed by atoms with E-state index in [4.69, 9.17) is 5.11 Å². The van der Waals surface area contributed by atoms with Crippen LogP contribution in [-0.4, -0.2) is 47.4 Å². The average Bonchev–Trinajstić information content (AvgIpc) is 2.53. The number of imide groups is 1. The maximum atomic E-state index is 11.1. The van der Waals surface area contributed by atoms with Crippen molar-refractivity contribution in [1.82, 2.24) is 10.2 Å². The second-order valence-corrected chi connectivity index (χ2v) is 3.26. The lowest BCUT2D eigenvalue weighted by Crippen LogP contribution is -2.34. The van der Waals surface area contributed by atoms with E-state index in [0.29, 0.717) is 0 Å². The maximum Gasteiger partial charge on any atom is 0.229 e. The first-order valence-electron chi connectivity index (χ1n) is 4.86. The van der Waals surface area contributed by atoms with Gasteiger partial charge in [-0.3, -0.25) is 19.3 Å². The van der Waals surface area contributed by atoms with E-state index in [2.05, 4.69) is 5.32 Å². The van der Waals surface area contributed by atoms with Gasteiger partial charge in [-0.05, 0) is 0 Å². The molecule has 1 aliphatic rings. The molecule has 0 atom stereocenters. The molecule has 0 radical (unpaired) electrons. The molecular weight excluding hydrogens is 200 g/mol. The smallest absolute Gasteiger partial charge is 0.229 e. The van der Waals surface area contributed by atoms with Gasteiger partial charge >= 0.3 is 0 Å². The highest BCUT2D eigenvalue weighted by Crippen LogP contribution is 2.11. The van der Waals surface area contributed by atoms with Gasteiger partial charge in [0.15, 0.2) is 0 Å². The van der Waals surface area contributed by atoms with E-state index in [-0.39, 0.29) is 56.7 Å². The van der Waals surface area contributed by atoms with Crippen molar-refractivity contribution in [3.05, 3.63) is 0 Å². The molecule has 84 valence electrons. The highest BCUT2D eigenvalue weighted by atomic mass is 16.3. The summed E-state index contributed by atoms with van der Waals surface area (Å²) in [5.41, 5.74) is 0. The molecule has 1 saturated heterocycles. The first-order valence-corrected chi connectivity index (χ1v) is 4.86. The first kappa shape index (κ1) is 11.6. The molecule has 3 amide bonds. The van der Waals surface area contributed by atoms with Crippen LogP contribution in [0.3, 0.4) is 0 Å². The summed E-state index contributed by atoms with van der Waals surface area (Å²) in [6.45, 7) is 0.211. The fraction of sp³-hybridized carbons (Fsp3) is 0.667. The van der Waals surface area contributed by atoms with Gasteiger partial charge in [0.2, 0.25) is 17.7 Å². The summed E-state index contributed by atoms with van der Waals surface area (Å²) in [6, 6.07) is 0. The molecule has 6 nitrogen and oxygen atoms in total. The summed E-state index contributed by atoms with van der Waals surface area (Å²) in [6.07, 6.45) is 0.589. The molecule has 0 unspecified atom stereocenters. The topological polar surface area (TPSA) is 86.7 Å². The highest BCUT2D eigenvalue weighted by molar-refractivity contribution is 6.02. The zero-order chi connectivity index (χ0) is 11.3. The predicted octanol–water partition coefficient (Wildman–Crippen LogP) is -1.37. The van der Waals surface area contributed by atoms with Crippen molar-refractivity contribution in [3.63, 3.8) is 0 Å². The third-order valence-corrected chi connectivity index (χ3v) is 2.15. The summed E-state index contributed by atoms with van der Waals surface area (Å²) >= 11 is 0. The summed E-state index contributed by atoms with van der Waals surface area (Å²) < 4.78 is 0. The number of hydrogen-bond donors (Lipinski definition) is 2. The minimum atomic E-state index is -0.267. The van der Waals surface area contributed by atoms with Gasteiger partial charge < -0.3 is 10.4 Å². The molecule has 0 aromatic carbocycles. The van der Waals surface area contributed by atoms with Crippen molar-refractivity contribution in [2.24, 2.45) is 0 Å². The summed E-state index contributed by atoms with van der Waals surface area (Å²) in [4.78, 5) is 34.5. The Kier molecular flexibility index (Phi) is 4.23. The predicted molar refractivity (Wildman–Crippen MR) is 50.7 cm³/mol. The van der Waals surface area contributed by atoms with Crippen LogP contribution in [0, 0.1) is 0 Å². The Bertz CT molecular complexity index is 261. The number of amides is 3. The van der Waals surface area contributed by atoms with E-state index in [1.54, 1.807) is 0 Å². The molecule has 0 saturated carbocycles. The van der Waals surface area contributed by atoms with Crippen LogP contribution in [0.1, 0.15) is 19.3 Å². The number of aliphatic hydroxyl groups excluding tert-OH is 1. The van der Waals surface area contributed by atoms with Gasteiger partial charge in [-0.15, -0.1) is 0 Å². The minimum absolute atomic E-state index is 0.0947. The number of carbonyl (C=O) groups excluding carboxylic acids is 3. The molecule has 1 rings (SSSR count). The summed E-state index contributed by atoms with van der Waals surface area (Å²) in [5.74, 6) is -0.693. The van der Waals surface area contributed by atoms with E-state index >= 15 is 0 Å². The number of likely N-dealkylation sites (tertiary alicyclic amines) is 1. The molecule has 1 heterocycles. The van der Waals surface area contributed by atoms with Crippen molar-refractivity contribution < 1.29 is 19.5 Å². The van der Waals surface area contributed by atoms with Gasteiger partial charge in [0.1, 0.15) is 0 Å². The third kappa shape index (κ3) is 3.32. The Morgan fingerprint density at radius 3 is 2.47 bits per heavy atom. The van der Waals surface area contributed by atoms with Crippen molar-refractivity contribution in [2.45, 2.75) is 19.3 Å². The van der Waals surface area contributed by atoms with Crippen LogP contribution in [0.5, 0.6) is 0 Å². The molecule has 6 heteroatoms. The molecule has 0 aromatic heterocycles. The molecule has 15 heavy (non-hydrogen) atoms. The third-order valence-electron chi connectivity index (χ3n) is 2.15. The number of nitrogens with one attached hydrogen (secondary N) is 1. The average molecular weight is 214 g/mol. The van der Waals surface area contributed by atoms with Gasteiger partial charge in [0.25, 0.3) is 0 Å². The van der Waals surface area contributed by atoms with E-state index in [0.717, 1.165) is 4.90 Å². The van der Waals surface area contributed by atoms with Crippen molar-refractivity contribution in [2.75, 3.05) is 19.7 Å². The van der Waals surface area contributed by atoms with Gasteiger partial charge in [-0.25, -0.2) is 0 Å². The summed E-state index contributed by atoms with van der Waals surface area (Å²) in [5, 5.41) is 10.9. The van der Waals surface area contributed by atoms with E-state index in [1.165, 1.54) is 0 Å². The Hall–Kier alpha value is -1.43. The lowest BCUT2D eigenvalue weighted by Gasteiger charge is -2.12. The largest absolute Gasteiger partial charge is 0.395 e. The molecular formula is C9H14N2O4. The maximum absolute atomic E-state index is 11.1. The normalized spacial score (nSPS) is 15.9. The van der Waals surface area contributed by atoms with Crippen LogP contribution in [0.4, 0.5) is 0 Å². The van der Waals surface area contributed by atoms with Crippen molar-refractivity contribution in [3.8, 4) is 0 Å². The molecule has 1 aliphatic heterocycles. The molecule has 0 bridgehead atoms. The van der Waals surface area contributed by atoms with Crippen LogP contribution >= 0.6 is 0 Å². The van der Waals surface area contributed by atoms with Crippen molar-refractivity contribution in [1.29, 1.82) is 0 Å². The molecule has 0 aliphatic carbocycles.